The third kappa shape index (κ3) is 4.48. The first-order chi connectivity index (χ1) is 11.2. The van der Waals surface area contributed by atoms with Crippen LogP contribution in [-0.2, 0) is 19.9 Å². The average molecular weight is 407 g/mol. The van der Waals surface area contributed by atoms with Crippen LogP contribution in [0.15, 0.2) is 30.3 Å². The van der Waals surface area contributed by atoms with E-state index in [1.54, 1.807) is 30.5 Å². The smallest absolute Gasteiger partial charge is 0.341 e. The molecule has 0 bridgehead atoms. The minimum absolute atomic E-state index is 0.289. The van der Waals surface area contributed by atoms with Crippen LogP contribution in [0.25, 0.3) is 0 Å². The molecular formula is C13H14N2O5S4. The zero-order valence-corrected chi connectivity index (χ0v) is 15.7. The van der Waals surface area contributed by atoms with Gasteiger partial charge in [-0.05, 0) is 11.8 Å². The second-order valence-corrected chi connectivity index (χ2v) is 9.22. The van der Waals surface area contributed by atoms with Crippen LogP contribution in [-0.4, -0.2) is 51.5 Å². The Hall–Kier alpha value is -1.14. The van der Waals surface area contributed by atoms with Crippen molar-refractivity contribution in [1.29, 1.82) is 0 Å². The van der Waals surface area contributed by atoms with E-state index >= 15 is 0 Å². The third-order valence-corrected chi connectivity index (χ3v) is 6.92. The molecule has 1 heterocycles. The lowest BCUT2D eigenvalue weighted by Gasteiger charge is -2.36. The number of thioether (sulfide) groups is 2. The summed E-state index contributed by atoms with van der Waals surface area (Å²) in [5.74, 6) is -1.31. The molecule has 1 saturated heterocycles. The van der Waals surface area contributed by atoms with Gasteiger partial charge in [0.05, 0.1) is 6.54 Å². The number of nitrogens with one attached hydrogen (secondary N) is 1. The van der Waals surface area contributed by atoms with Crippen molar-refractivity contribution in [2.75, 3.05) is 12.8 Å². The van der Waals surface area contributed by atoms with Gasteiger partial charge in [0, 0.05) is 0 Å². The summed E-state index contributed by atoms with van der Waals surface area (Å²) in [7, 11) is -4.58. The Kier molecular flexibility index (Phi) is 6.26. The van der Waals surface area contributed by atoms with E-state index in [2.05, 4.69) is 5.32 Å². The Morgan fingerprint density at radius 1 is 1.42 bits per heavy atom. The molecule has 0 saturated carbocycles. The maximum Gasteiger partial charge on any atom is 0.362 e. The van der Waals surface area contributed by atoms with Gasteiger partial charge in [0.25, 0.3) is 5.91 Å². The highest BCUT2D eigenvalue weighted by atomic mass is 32.2. The van der Waals surface area contributed by atoms with Crippen LogP contribution in [0.4, 0.5) is 0 Å². The van der Waals surface area contributed by atoms with Crippen molar-refractivity contribution in [1.82, 2.24) is 9.62 Å². The van der Waals surface area contributed by atoms with Crippen molar-refractivity contribution >= 4 is 61.4 Å². The van der Waals surface area contributed by atoms with E-state index in [4.69, 9.17) is 16.8 Å². The molecule has 1 unspecified atom stereocenters. The fourth-order valence-corrected chi connectivity index (χ4v) is 4.32. The number of carbonyl (C=O) groups is 2. The first kappa shape index (κ1) is 19.2. The van der Waals surface area contributed by atoms with Crippen LogP contribution in [0.1, 0.15) is 10.8 Å². The highest BCUT2D eigenvalue weighted by Gasteiger charge is 2.45. The number of β-lactam (4-membered cyclic amide) rings is 1. The molecule has 1 fully saturated rings. The third-order valence-electron chi connectivity index (χ3n) is 3.21. The van der Waals surface area contributed by atoms with Gasteiger partial charge in [0.15, 0.2) is 0 Å². The van der Waals surface area contributed by atoms with Crippen molar-refractivity contribution < 1.29 is 22.6 Å². The van der Waals surface area contributed by atoms with Gasteiger partial charge in [0.2, 0.25) is 5.91 Å². The molecule has 1 aromatic rings. The molecule has 11 heteroatoms. The lowest BCUT2D eigenvalue weighted by Crippen LogP contribution is -2.65. The number of amides is 2. The van der Waals surface area contributed by atoms with Crippen LogP contribution >= 0.6 is 35.7 Å². The van der Waals surface area contributed by atoms with Crippen LogP contribution in [0.3, 0.4) is 0 Å². The summed E-state index contributed by atoms with van der Waals surface area (Å²) in [4.78, 5) is 24.2. The maximum absolute atomic E-state index is 12.5. The number of nitrogens with zero attached hydrogens (tertiary/aromatic N) is 1. The summed E-state index contributed by atoms with van der Waals surface area (Å²) >= 11 is 7.67. The Balaban J connectivity index is 2.09. The SMILES string of the molecule is CSC(=S)S[C@H](C(=O)NC1CN(S(=O)(=O)O)C1=O)c1ccccc1. The lowest BCUT2D eigenvalue weighted by molar-refractivity contribution is -0.140. The molecule has 1 aliphatic rings. The number of hydrogen-bond donors (Lipinski definition) is 2. The van der Waals surface area contributed by atoms with Gasteiger partial charge in [-0.3, -0.25) is 14.1 Å². The quantitative estimate of drug-likeness (QED) is 0.428. The summed E-state index contributed by atoms with van der Waals surface area (Å²) in [5, 5.41) is 1.85. The normalized spacial score (nSPS) is 18.7. The van der Waals surface area contributed by atoms with Crippen LogP contribution in [0, 0.1) is 0 Å². The van der Waals surface area contributed by atoms with E-state index in [0.29, 0.717) is 7.83 Å². The van der Waals surface area contributed by atoms with Gasteiger partial charge < -0.3 is 5.32 Å². The molecule has 1 aliphatic heterocycles. The van der Waals surface area contributed by atoms with E-state index in [9.17, 15) is 18.0 Å². The molecule has 2 N–H and O–H groups in total. The lowest BCUT2D eigenvalue weighted by atomic mass is 10.1. The minimum Gasteiger partial charge on any atom is -0.341 e. The first-order valence-corrected chi connectivity index (χ1v) is 10.5. The molecule has 0 radical (unpaired) electrons. The fraction of sp³-hybridized carbons (Fsp3) is 0.308. The van der Waals surface area contributed by atoms with Crippen LogP contribution in [0.2, 0.25) is 0 Å². The second-order valence-electron chi connectivity index (χ2n) is 4.77. The number of carbonyl (C=O) groups excluding carboxylic acids is 2. The zero-order chi connectivity index (χ0) is 17.9. The van der Waals surface area contributed by atoms with Gasteiger partial charge in [-0.1, -0.05) is 54.3 Å². The van der Waals surface area contributed by atoms with Crippen molar-refractivity contribution in [3.8, 4) is 0 Å². The Bertz CT molecular complexity index is 753. The summed E-state index contributed by atoms with van der Waals surface area (Å²) < 4.78 is 31.5. The molecule has 2 atom stereocenters. The highest BCUT2D eigenvalue weighted by molar-refractivity contribution is 8.47. The van der Waals surface area contributed by atoms with Crippen molar-refractivity contribution in [3.63, 3.8) is 0 Å². The predicted octanol–water partition coefficient (Wildman–Crippen LogP) is 1.24. The predicted molar refractivity (Wildman–Crippen MR) is 98.1 cm³/mol. The van der Waals surface area contributed by atoms with E-state index in [1.165, 1.54) is 23.5 Å². The average Bonchev–Trinajstić information content (AvgIpc) is 2.54. The second kappa shape index (κ2) is 7.83. The first-order valence-electron chi connectivity index (χ1n) is 6.63. The fourth-order valence-electron chi connectivity index (χ4n) is 2.00. The van der Waals surface area contributed by atoms with E-state index in [1.807, 2.05) is 6.07 Å². The van der Waals surface area contributed by atoms with E-state index in [-0.39, 0.29) is 6.54 Å². The van der Waals surface area contributed by atoms with Crippen LogP contribution < -0.4 is 5.32 Å². The Labute approximate surface area is 153 Å². The number of rotatable bonds is 5. The number of thiocarbonyl (C=S) groups is 1. The van der Waals surface area contributed by atoms with Crippen molar-refractivity contribution in [2.45, 2.75) is 11.3 Å². The van der Waals surface area contributed by atoms with Gasteiger partial charge >= 0.3 is 10.3 Å². The molecule has 2 rings (SSSR count). The van der Waals surface area contributed by atoms with Crippen LogP contribution in [0.5, 0.6) is 0 Å². The molecule has 7 nitrogen and oxygen atoms in total. The van der Waals surface area contributed by atoms with E-state index in [0.717, 1.165) is 5.56 Å². The summed E-state index contributed by atoms with van der Waals surface area (Å²) in [5.41, 5.74) is 0.717. The summed E-state index contributed by atoms with van der Waals surface area (Å²) in [6.07, 6.45) is 1.80. The van der Waals surface area contributed by atoms with E-state index < -0.39 is 33.4 Å². The largest absolute Gasteiger partial charge is 0.362 e. The van der Waals surface area contributed by atoms with Gasteiger partial charge in [-0.2, -0.15) is 8.42 Å². The molecule has 130 valence electrons. The summed E-state index contributed by atoms with van der Waals surface area (Å²) in [6, 6.07) is 7.95. The summed E-state index contributed by atoms with van der Waals surface area (Å²) in [6.45, 7) is -0.289. The number of hydrogen-bond acceptors (Lipinski definition) is 7. The molecule has 24 heavy (non-hydrogen) atoms. The van der Waals surface area contributed by atoms with Gasteiger partial charge in [-0.15, -0.1) is 11.8 Å². The molecular weight excluding hydrogens is 392 g/mol. The Morgan fingerprint density at radius 2 is 2.04 bits per heavy atom. The molecule has 1 aromatic carbocycles. The number of benzene rings is 1. The monoisotopic (exact) mass is 406 g/mol. The zero-order valence-electron chi connectivity index (χ0n) is 12.4. The Morgan fingerprint density at radius 3 is 2.54 bits per heavy atom. The maximum atomic E-state index is 12.5. The van der Waals surface area contributed by atoms with Crippen molar-refractivity contribution in [3.05, 3.63) is 35.9 Å². The molecule has 0 spiro atoms. The van der Waals surface area contributed by atoms with Gasteiger partial charge in [0.1, 0.15) is 14.8 Å². The molecule has 0 aromatic heterocycles. The molecule has 0 aliphatic carbocycles. The highest BCUT2D eigenvalue weighted by Crippen LogP contribution is 2.33. The van der Waals surface area contributed by atoms with Crippen molar-refractivity contribution in [2.24, 2.45) is 0 Å². The topological polar surface area (TPSA) is 104 Å². The van der Waals surface area contributed by atoms with Gasteiger partial charge in [-0.25, -0.2) is 4.31 Å². The minimum atomic E-state index is -4.58. The standard InChI is InChI=1S/C13H14N2O5S4/c1-22-13(21)23-10(8-5-3-2-4-6-8)11(16)14-9-7-15(12(9)17)24(18,19)20/h2-6,9-10H,7H2,1H3,(H,14,16)(H,18,19,20)/t9?,10-/m0/s1. The molecule has 2 amide bonds.